The molecule has 1 aromatic heterocycles. The lowest BCUT2D eigenvalue weighted by atomic mass is 10.2. The molecule has 32 heavy (non-hydrogen) atoms. The van der Waals surface area contributed by atoms with E-state index in [9.17, 15) is 18.0 Å². The molecular formula is C22H26N4O5S. The molecule has 0 unspecified atom stereocenters. The lowest BCUT2D eigenvalue weighted by Crippen LogP contribution is -2.51. The normalized spacial score (nSPS) is 15.3. The standard InChI is InChI=1S/C22H26N4O5S/c1-16-6-4-5-7-20(16)31-15-21(27)25-10-12-26(13-11-25)32(29,30)17-8-9-18-19(14-17)24(3)22(28)23(18)2/h4-9,14H,10-13,15H2,1-3H3. The number of imidazole rings is 1. The number of fused-ring (bicyclic) bond motifs is 1. The van der Waals surface area contributed by atoms with Crippen molar-refractivity contribution >= 4 is 27.0 Å². The van der Waals surface area contributed by atoms with Crippen molar-refractivity contribution in [3.8, 4) is 5.75 Å². The van der Waals surface area contributed by atoms with Gasteiger partial charge >= 0.3 is 5.69 Å². The van der Waals surface area contributed by atoms with E-state index < -0.39 is 10.0 Å². The minimum absolute atomic E-state index is 0.0870. The van der Waals surface area contributed by atoms with E-state index in [2.05, 4.69) is 0 Å². The zero-order valence-electron chi connectivity index (χ0n) is 18.3. The number of para-hydroxylation sites is 1. The molecule has 3 aromatic rings. The summed E-state index contributed by atoms with van der Waals surface area (Å²) in [6, 6.07) is 12.2. The minimum Gasteiger partial charge on any atom is -0.484 e. The number of aryl methyl sites for hydroxylation is 3. The first-order valence-electron chi connectivity index (χ1n) is 10.3. The zero-order valence-corrected chi connectivity index (χ0v) is 19.1. The number of hydrogen-bond donors (Lipinski definition) is 0. The predicted octanol–water partition coefficient (Wildman–Crippen LogP) is 1.10. The SMILES string of the molecule is Cc1ccccc1OCC(=O)N1CCN(S(=O)(=O)c2ccc3c(c2)n(C)c(=O)n3C)CC1. The van der Waals surface area contributed by atoms with Crippen LogP contribution >= 0.6 is 0 Å². The predicted molar refractivity (Wildman–Crippen MR) is 120 cm³/mol. The molecule has 0 N–H and O–H groups in total. The van der Waals surface area contributed by atoms with Gasteiger partial charge in [-0.15, -0.1) is 0 Å². The molecule has 2 aromatic carbocycles. The van der Waals surface area contributed by atoms with Gasteiger partial charge in [-0.25, -0.2) is 13.2 Å². The number of sulfonamides is 1. The van der Waals surface area contributed by atoms with E-state index in [1.54, 1.807) is 25.1 Å². The third kappa shape index (κ3) is 3.91. The molecule has 0 saturated carbocycles. The molecule has 0 radical (unpaired) electrons. The number of benzene rings is 2. The molecule has 9 nitrogen and oxygen atoms in total. The highest BCUT2D eigenvalue weighted by Crippen LogP contribution is 2.22. The molecule has 170 valence electrons. The number of carbonyl (C=O) groups excluding carboxylic acids is 1. The van der Waals surface area contributed by atoms with Crippen molar-refractivity contribution in [3.63, 3.8) is 0 Å². The van der Waals surface area contributed by atoms with Crippen LogP contribution in [0.2, 0.25) is 0 Å². The number of aromatic nitrogens is 2. The van der Waals surface area contributed by atoms with E-state index in [0.29, 0.717) is 29.9 Å². The van der Waals surface area contributed by atoms with Crippen LogP contribution in [0, 0.1) is 6.92 Å². The maximum absolute atomic E-state index is 13.2. The monoisotopic (exact) mass is 458 g/mol. The Morgan fingerprint density at radius 3 is 2.31 bits per heavy atom. The van der Waals surface area contributed by atoms with Crippen molar-refractivity contribution < 1.29 is 17.9 Å². The van der Waals surface area contributed by atoms with Crippen LogP contribution in [0.1, 0.15) is 5.56 Å². The Balaban J connectivity index is 1.42. The molecule has 1 amide bonds. The van der Waals surface area contributed by atoms with Crippen molar-refractivity contribution in [1.29, 1.82) is 0 Å². The van der Waals surface area contributed by atoms with E-state index in [-0.39, 0.29) is 36.2 Å². The summed E-state index contributed by atoms with van der Waals surface area (Å²) in [7, 11) is -0.478. The molecule has 1 fully saturated rings. The summed E-state index contributed by atoms with van der Waals surface area (Å²) in [5, 5.41) is 0. The summed E-state index contributed by atoms with van der Waals surface area (Å²) >= 11 is 0. The number of ether oxygens (including phenoxy) is 1. The fourth-order valence-corrected chi connectivity index (χ4v) is 5.37. The third-order valence-electron chi connectivity index (χ3n) is 5.92. The summed E-state index contributed by atoms with van der Waals surface area (Å²) < 4.78 is 36.2. The summed E-state index contributed by atoms with van der Waals surface area (Å²) in [5.41, 5.74) is 1.96. The highest BCUT2D eigenvalue weighted by molar-refractivity contribution is 7.89. The van der Waals surface area contributed by atoms with Gasteiger partial charge in [-0.05, 0) is 36.8 Å². The van der Waals surface area contributed by atoms with Crippen LogP contribution < -0.4 is 10.4 Å². The first-order chi connectivity index (χ1) is 15.2. The second-order valence-corrected chi connectivity index (χ2v) is 9.83. The van der Waals surface area contributed by atoms with Gasteiger partial charge in [-0.1, -0.05) is 18.2 Å². The maximum Gasteiger partial charge on any atom is 0.328 e. The number of amides is 1. The number of carbonyl (C=O) groups is 1. The van der Waals surface area contributed by atoms with Gasteiger partial charge in [0.15, 0.2) is 6.61 Å². The summed E-state index contributed by atoms with van der Waals surface area (Å²) in [4.78, 5) is 26.4. The molecular weight excluding hydrogens is 432 g/mol. The van der Waals surface area contributed by atoms with Crippen molar-refractivity contribution in [2.24, 2.45) is 14.1 Å². The topological polar surface area (TPSA) is 93.8 Å². The number of rotatable bonds is 5. The van der Waals surface area contributed by atoms with Gasteiger partial charge in [-0.3, -0.25) is 13.9 Å². The van der Waals surface area contributed by atoms with Gasteiger partial charge < -0.3 is 9.64 Å². The van der Waals surface area contributed by atoms with Gasteiger partial charge in [0.05, 0.1) is 15.9 Å². The summed E-state index contributed by atoms with van der Waals surface area (Å²) in [6.45, 7) is 2.81. The summed E-state index contributed by atoms with van der Waals surface area (Å²) in [5.74, 6) is 0.485. The Hall–Kier alpha value is -3.11. The lowest BCUT2D eigenvalue weighted by Gasteiger charge is -2.34. The Kier molecular flexibility index (Phi) is 5.83. The van der Waals surface area contributed by atoms with E-state index in [1.165, 1.54) is 25.6 Å². The molecule has 10 heteroatoms. The molecule has 0 spiro atoms. The Bertz CT molecular complexity index is 1330. The average molecular weight is 459 g/mol. The van der Waals surface area contributed by atoms with Crippen molar-refractivity contribution in [3.05, 3.63) is 58.5 Å². The first kappa shape index (κ1) is 22.1. The van der Waals surface area contributed by atoms with E-state index >= 15 is 0 Å². The Morgan fingerprint density at radius 2 is 1.62 bits per heavy atom. The van der Waals surface area contributed by atoms with E-state index in [1.807, 2.05) is 31.2 Å². The van der Waals surface area contributed by atoms with Gasteiger partial charge in [0.2, 0.25) is 10.0 Å². The van der Waals surface area contributed by atoms with Crippen LogP contribution in [-0.2, 0) is 28.9 Å². The van der Waals surface area contributed by atoms with Gasteiger partial charge in [0.25, 0.3) is 5.91 Å². The van der Waals surface area contributed by atoms with E-state index in [0.717, 1.165) is 5.56 Å². The van der Waals surface area contributed by atoms with Crippen LogP contribution in [-0.4, -0.2) is 65.5 Å². The van der Waals surface area contributed by atoms with Crippen LogP contribution in [0.3, 0.4) is 0 Å². The van der Waals surface area contributed by atoms with Crippen molar-refractivity contribution in [2.45, 2.75) is 11.8 Å². The van der Waals surface area contributed by atoms with E-state index in [4.69, 9.17) is 4.74 Å². The first-order valence-corrected chi connectivity index (χ1v) is 11.8. The fourth-order valence-electron chi connectivity index (χ4n) is 3.92. The van der Waals surface area contributed by atoms with Crippen LogP contribution in [0.25, 0.3) is 11.0 Å². The zero-order chi connectivity index (χ0) is 23.0. The number of piperazine rings is 1. The lowest BCUT2D eigenvalue weighted by molar-refractivity contribution is -0.134. The molecule has 1 aliphatic heterocycles. The fraction of sp³-hybridized carbons (Fsp3) is 0.364. The van der Waals surface area contributed by atoms with Crippen molar-refractivity contribution in [2.75, 3.05) is 32.8 Å². The molecule has 4 rings (SSSR count). The number of nitrogens with zero attached hydrogens (tertiary/aromatic N) is 4. The minimum atomic E-state index is -3.74. The largest absolute Gasteiger partial charge is 0.484 e. The smallest absolute Gasteiger partial charge is 0.328 e. The third-order valence-corrected chi connectivity index (χ3v) is 7.81. The average Bonchev–Trinajstić information content (AvgIpc) is 3.02. The van der Waals surface area contributed by atoms with Crippen molar-refractivity contribution in [1.82, 2.24) is 18.3 Å². The van der Waals surface area contributed by atoms with Gasteiger partial charge in [0, 0.05) is 40.3 Å². The van der Waals surface area contributed by atoms with Crippen LogP contribution in [0.5, 0.6) is 5.75 Å². The quantitative estimate of drug-likeness (QED) is 0.571. The van der Waals surface area contributed by atoms with Crippen LogP contribution in [0.15, 0.2) is 52.2 Å². The Morgan fingerprint density at radius 1 is 0.969 bits per heavy atom. The van der Waals surface area contributed by atoms with Crippen LogP contribution in [0.4, 0.5) is 0 Å². The molecule has 2 heterocycles. The second kappa shape index (κ2) is 8.44. The van der Waals surface area contributed by atoms with Gasteiger partial charge in [-0.2, -0.15) is 4.31 Å². The number of hydrogen-bond acceptors (Lipinski definition) is 5. The molecule has 0 aliphatic carbocycles. The molecule has 1 saturated heterocycles. The highest BCUT2D eigenvalue weighted by Gasteiger charge is 2.30. The maximum atomic E-state index is 13.2. The molecule has 1 aliphatic rings. The molecule has 0 bridgehead atoms. The van der Waals surface area contributed by atoms with Gasteiger partial charge in [0.1, 0.15) is 5.75 Å². The summed E-state index contributed by atoms with van der Waals surface area (Å²) in [6.07, 6.45) is 0. The second-order valence-electron chi connectivity index (χ2n) is 7.89. The molecule has 0 atom stereocenters. The Labute approximate surface area is 186 Å². The highest BCUT2D eigenvalue weighted by atomic mass is 32.2.